The topological polar surface area (TPSA) is 84.5 Å². The van der Waals surface area contributed by atoms with Gasteiger partial charge in [0.1, 0.15) is 0 Å². The van der Waals surface area contributed by atoms with Crippen LogP contribution < -0.4 is 10.0 Å². The number of halogens is 1. The van der Waals surface area contributed by atoms with Crippen molar-refractivity contribution < 1.29 is 17.9 Å². The monoisotopic (exact) mass is 454 g/mol. The fourth-order valence-electron chi connectivity index (χ4n) is 2.63. The van der Waals surface area contributed by atoms with E-state index < -0.39 is 10.0 Å². The van der Waals surface area contributed by atoms with Crippen LogP contribution in [0.25, 0.3) is 0 Å². The summed E-state index contributed by atoms with van der Waals surface area (Å²) in [4.78, 5) is 12.7. The molecule has 1 amide bonds. The third-order valence-corrected chi connectivity index (χ3v) is 6.24. The SMILES string of the molecule is COCCNS(=O)(=O)c1ccc(Br)c(C(=O)NC(C)c2ccccc2C)c1. The van der Waals surface area contributed by atoms with Crippen molar-refractivity contribution in [3.63, 3.8) is 0 Å². The summed E-state index contributed by atoms with van der Waals surface area (Å²) in [5.74, 6) is -0.355. The number of amides is 1. The number of rotatable bonds is 8. The quantitative estimate of drug-likeness (QED) is 0.599. The highest BCUT2D eigenvalue weighted by Crippen LogP contribution is 2.23. The predicted octanol–water partition coefficient (Wildman–Crippen LogP) is 3.17. The zero-order valence-electron chi connectivity index (χ0n) is 15.5. The molecule has 2 aromatic rings. The molecule has 0 aliphatic carbocycles. The summed E-state index contributed by atoms with van der Waals surface area (Å²) in [6.45, 7) is 4.28. The lowest BCUT2D eigenvalue weighted by molar-refractivity contribution is 0.0939. The van der Waals surface area contributed by atoms with E-state index in [0.717, 1.165) is 11.1 Å². The van der Waals surface area contributed by atoms with Crippen LogP contribution in [0.3, 0.4) is 0 Å². The third kappa shape index (κ3) is 5.62. The van der Waals surface area contributed by atoms with Crippen molar-refractivity contribution in [3.8, 4) is 0 Å². The molecule has 0 saturated carbocycles. The fourth-order valence-corrected chi connectivity index (χ4v) is 4.10. The van der Waals surface area contributed by atoms with E-state index in [9.17, 15) is 13.2 Å². The summed E-state index contributed by atoms with van der Waals surface area (Å²) in [7, 11) is -2.23. The average Bonchev–Trinajstić information content (AvgIpc) is 2.62. The summed E-state index contributed by atoms with van der Waals surface area (Å²) < 4.78 is 32.5. The molecule has 27 heavy (non-hydrogen) atoms. The van der Waals surface area contributed by atoms with Crippen LogP contribution in [0.5, 0.6) is 0 Å². The summed E-state index contributed by atoms with van der Waals surface area (Å²) in [5, 5.41) is 2.92. The van der Waals surface area contributed by atoms with E-state index in [4.69, 9.17) is 4.74 Å². The maximum Gasteiger partial charge on any atom is 0.252 e. The summed E-state index contributed by atoms with van der Waals surface area (Å²) in [6.07, 6.45) is 0. The predicted molar refractivity (Wildman–Crippen MR) is 108 cm³/mol. The molecule has 0 fully saturated rings. The molecule has 0 bridgehead atoms. The van der Waals surface area contributed by atoms with Crippen molar-refractivity contribution in [1.29, 1.82) is 0 Å². The average molecular weight is 455 g/mol. The maximum absolute atomic E-state index is 12.7. The van der Waals surface area contributed by atoms with Crippen LogP contribution in [0, 0.1) is 6.92 Å². The van der Waals surface area contributed by atoms with Crippen LogP contribution >= 0.6 is 15.9 Å². The number of nitrogens with one attached hydrogen (secondary N) is 2. The number of benzene rings is 2. The van der Waals surface area contributed by atoms with E-state index in [2.05, 4.69) is 26.0 Å². The first-order valence-electron chi connectivity index (χ1n) is 8.41. The summed E-state index contributed by atoms with van der Waals surface area (Å²) >= 11 is 3.33. The highest BCUT2D eigenvalue weighted by atomic mass is 79.9. The van der Waals surface area contributed by atoms with E-state index in [-0.39, 0.29) is 35.6 Å². The van der Waals surface area contributed by atoms with Gasteiger partial charge >= 0.3 is 0 Å². The van der Waals surface area contributed by atoms with Crippen LogP contribution in [-0.4, -0.2) is 34.6 Å². The molecule has 6 nitrogen and oxygen atoms in total. The second-order valence-electron chi connectivity index (χ2n) is 6.08. The van der Waals surface area contributed by atoms with Crippen molar-refractivity contribution >= 4 is 31.9 Å². The Morgan fingerprint density at radius 1 is 1.22 bits per heavy atom. The van der Waals surface area contributed by atoms with E-state index in [1.165, 1.54) is 19.2 Å². The van der Waals surface area contributed by atoms with Crippen molar-refractivity contribution in [2.45, 2.75) is 24.8 Å². The summed E-state index contributed by atoms with van der Waals surface area (Å²) in [6, 6.07) is 11.9. The Kier molecular flexibility index (Phi) is 7.55. The van der Waals surface area contributed by atoms with Gasteiger partial charge in [0, 0.05) is 18.1 Å². The van der Waals surface area contributed by atoms with Crippen LogP contribution in [0.2, 0.25) is 0 Å². The Bertz CT molecular complexity index is 916. The smallest absolute Gasteiger partial charge is 0.252 e. The molecule has 0 radical (unpaired) electrons. The van der Waals surface area contributed by atoms with Crippen LogP contribution in [0.1, 0.15) is 34.5 Å². The van der Waals surface area contributed by atoms with Gasteiger partial charge in [0.15, 0.2) is 0 Å². The highest BCUT2D eigenvalue weighted by molar-refractivity contribution is 9.10. The fraction of sp³-hybridized carbons (Fsp3) is 0.316. The molecule has 8 heteroatoms. The van der Waals surface area contributed by atoms with Gasteiger partial charge in [-0.25, -0.2) is 13.1 Å². The zero-order chi connectivity index (χ0) is 20.0. The largest absolute Gasteiger partial charge is 0.383 e. The first-order valence-corrected chi connectivity index (χ1v) is 10.7. The van der Waals surface area contributed by atoms with Crippen LogP contribution in [0.4, 0.5) is 0 Å². The first-order chi connectivity index (χ1) is 12.8. The van der Waals surface area contributed by atoms with Gasteiger partial charge in [-0.3, -0.25) is 4.79 Å². The Morgan fingerprint density at radius 3 is 2.59 bits per heavy atom. The minimum atomic E-state index is -3.72. The first kappa shape index (κ1) is 21.6. The van der Waals surface area contributed by atoms with Gasteiger partial charge in [0.25, 0.3) is 5.91 Å². The number of sulfonamides is 1. The molecular formula is C19H23BrN2O4S. The van der Waals surface area contributed by atoms with E-state index in [1.54, 1.807) is 6.07 Å². The van der Waals surface area contributed by atoms with Gasteiger partial charge in [0.05, 0.1) is 23.1 Å². The molecular weight excluding hydrogens is 432 g/mol. The minimum absolute atomic E-state index is 0.0236. The maximum atomic E-state index is 12.7. The molecule has 0 saturated heterocycles. The third-order valence-electron chi connectivity index (χ3n) is 4.09. The molecule has 0 aliphatic rings. The van der Waals surface area contributed by atoms with Gasteiger partial charge in [-0.05, 0) is 59.1 Å². The number of aryl methyl sites for hydroxylation is 1. The number of methoxy groups -OCH3 is 1. The summed E-state index contributed by atoms with van der Waals surface area (Å²) in [5.41, 5.74) is 2.33. The van der Waals surface area contributed by atoms with Gasteiger partial charge in [-0.2, -0.15) is 0 Å². The van der Waals surface area contributed by atoms with Crippen molar-refractivity contribution in [3.05, 3.63) is 63.6 Å². The van der Waals surface area contributed by atoms with E-state index in [1.807, 2.05) is 38.1 Å². The molecule has 0 heterocycles. The van der Waals surface area contributed by atoms with Crippen LogP contribution in [-0.2, 0) is 14.8 Å². The number of hydrogen-bond donors (Lipinski definition) is 2. The van der Waals surface area contributed by atoms with Crippen molar-refractivity contribution in [2.75, 3.05) is 20.3 Å². The van der Waals surface area contributed by atoms with E-state index >= 15 is 0 Å². The van der Waals surface area contributed by atoms with Gasteiger partial charge < -0.3 is 10.1 Å². The number of hydrogen-bond acceptors (Lipinski definition) is 4. The number of ether oxygens (including phenoxy) is 1. The molecule has 2 rings (SSSR count). The number of carbonyl (C=O) groups excluding carboxylic acids is 1. The highest BCUT2D eigenvalue weighted by Gasteiger charge is 2.20. The van der Waals surface area contributed by atoms with Gasteiger partial charge in [-0.15, -0.1) is 0 Å². The lowest BCUT2D eigenvalue weighted by Gasteiger charge is -2.17. The second-order valence-corrected chi connectivity index (χ2v) is 8.71. The van der Waals surface area contributed by atoms with Crippen molar-refractivity contribution in [2.24, 2.45) is 0 Å². The molecule has 0 aromatic heterocycles. The van der Waals surface area contributed by atoms with Gasteiger partial charge in [-0.1, -0.05) is 24.3 Å². The molecule has 146 valence electrons. The van der Waals surface area contributed by atoms with Gasteiger partial charge in [0.2, 0.25) is 10.0 Å². The van der Waals surface area contributed by atoms with E-state index in [0.29, 0.717) is 4.47 Å². The molecule has 1 atom stereocenters. The minimum Gasteiger partial charge on any atom is -0.383 e. The Balaban J connectivity index is 2.22. The van der Waals surface area contributed by atoms with Crippen LogP contribution in [0.15, 0.2) is 51.8 Å². The standard InChI is InChI=1S/C19H23BrN2O4S/c1-13-6-4-5-7-16(13)14(2)22-19(23)17-12-15(8-9-18(17)20)27(24,25)21-10-11-26-3/h4-9,12,14,21H,10-11H2,1-3H3,(H,22,23). The number of carbonyl (C=O) groups is 1. The lowest BCUT2D eigenvalue weighted by Crippen LogP contribution is -2.29. The normalized spacial score (nSPS) is 12.6. The molecule has 0 aliphatic heterocycles. The lowest BCUT2D eigenvalue weighted by atomic mass is 10.0. The molecule has 2 N–H and O–H groups in total. The zero-order valence-corrected chi connectivity index (χ0v) is 17.9. The Labute approximate surface area is 168 Å². The molecule has 1 unspecified atom stereocenters. The second kappa shape index (κ2) is 9.45. The Hall–Kier alpha value is -1.74. The molecule has 0 spiro atoms. The Morgan fingerprint density at radius 2 is 1.93 bits per heavy atom. The molecule has 2 aromatic carbocycles. The van der Waals surface area contributed by atoms with Crippen molar-refractivity contribution in [1.82, 2.24) is 10.0 Å².